The first-order valence-corrected chi connectivity index (χ1v) is 19.1. The van der Waals surface area contributed by atoms with E-state index in [2.05, 4.69) is 203 Å². The molecule has 4 nitrogen and oxygen atoms in total. The van der Waals surface area contributed by atoms with Gasteiger partial charge in [0.15, 0.2) is 0 Å². The summed E-state index contributed by atoms with van der Waals surface area (Å²) < 4.78 is 4.66. The Morgan fingerprint density at radius 1 is 0.339 bits per heavy atom. The highest BCUT2D eigenvalue weighted by Crippen LogP contribution is 2.41. The van der Waals surface area contributed by atoms with Crippen LogP contribution in [0, 0.1) is 0 Å². The van der Waals surface area contributed by atoms with E-state index in [4.69, 9.17) is 9.97 Å². The molecule has 0 saturated heterocycles. The summed E-state index contributed by atoms with van der Waals surface area (Å²) in [6.07, 6.45) is 0. The molecule has 0 radical (unpaired) electrons. The van der Waals surface area contributed by atoms with Crippen LogP contribution in [0.5, 0.6) is 0 Å². The van der Waals surface area contributed by atoms with Crippen LogP contribution in [0.3, 0.4) is 0 Å². The zero-order valence-corrected chi connectivity index (χ0v) is 30.3. The van der Waals surface area contributed by atoms with Crippen LogP contribution in [0.2, 0.25) is 0 Å². The van der Waals surface area contributed by atoms with Crippen molar-refractivity contribution in [1.82, 2.24) is 19.1 Å². The standard InChI is InChI=1S/C52H32N4/c1-2-14-33(15-3-1)36-28-29-42(39-19-7-6-18-38(36)39)51-43-22-8-11-23-45(43)53-52(54-51)56-48-31-27-35(32-44(48)50-37-17-5-4-16-34(37)26-30-49(50)56)55-46-24-12-9-20-40(46)41-21-10-13-25-47(41)55/h1-32H. The molecule has 0 unspecified atom stereocenters. The SMILES string of the molecule is c1ccc(-c2ccc(-c3nc(-n4c5ccc(-n6c7ccccc7c7ccccc76)cc5c5c6ccccc6ccc54)nc4ccccc34)c3ccccc23)cc1. The molecule has 0 spiro atoms. The summed E-state index contributed by atoms with van der Waals surface area (Å²) in [6.45, 7) is 0. The number of fused-ring (bicyclic) bond motifs is 10. The lowest BCUT2D eigenvalue weighted by Gasteiger charge is -2.15. The van der Waals surface area contributed by atoms with E-state index in [0.29, 0.717) is 5.95 Å². The normalized spacial score (nSPS) is 11.9. The van der Waals surface area contributed by atoms with Gasteiger partial charge in [-0.15, -0.1) is 0 Å². The molecular formula is C52H32N4. The van der Waals surface area contributed by atoms with Crippen LogP contribution in [-0.2, 0) is 0 Å². The molecule has 0 aliphatic heterocycles. The first kappa shape index (κ1) is 30.9. The van der Waals surface area contributed by atoms with Gasteiger partial charge in [0.2, 0.25) is 5.95 Å². The van der Waals surface area contributed by atoms with Crippen molar-refractivity contribution in [1.29, 1.82) is 0 Å². The van der Waals surface area contributed by atoms with Crippen molar-refractivity contribution >= 4 is 76.1 Å². The second kappa shape index (κ2) is 12.0. The van der Waals surface area contributed by atoms with E-state index in [1.807, 2.05) is 0 Å². The lowest BCUT2D eigenvalue weighted by molar-refractivity contribution is 1.01. The molecular weight excluding hydrogens is 681 g/mol. The highest BCUT2D eigenvalue weighted by molar-refractivity contribution is 6.22. The molecule has 12 rings (SSSR count). The molecule has 3 aromatic heterocycles. The molecule has 56 heavy (non-hydrogen) atoms. The summed E-state index contributed by atoms with van der Waals surface area (Å²) in [5, 5.41) is 10.6. The van der Waals surface area contributed by atoms with E-state index in [-0.39, 0.29) is 0 Å². The fourth-order valence-corrected chi connectivity index (χ4v) is 9.08. The first-order valence-electron chi connectivity index (χ1n) is 19.1. The third-order valence-corrected chi connectivity index (χ3v) is 11.5. The number of rotatable bonds is 4. The van der Waals surface area contributed by atoms with Crippen molar-refractivity contribution in [2.75, 3.05) is 0 Å². The number of para-hydroxylation sites is 3. The van der Waals surface area contributed by atoms with Gasteiger partial charge in [-0.25, -0.2) is 9.97 Å². The van der Waals surface area contributed by atoms with Gasteiger partial charge < -0.3 is 4.57 Å². The van der Waals surface area contributed by atoms with E-state index in [1.165, 1.54) is 54.5 Å². The van der Waals surface area contributed by atoms with Gasteiger partial charge in [0.1, 0.15) is 0 Å². The summed E-state index contributed by atoms with van der Waals surface area (Å²) >= 11 is 0. The van der Waals surface area contributed by atoms with Crippen LogP contribution in [0.15, 0.2) is 194 Å². The van der Waals surface area contributed by atoms with Crippen molar-refractivity contribution in [3.8, 4) is 34.0 Å². The van der Waals surface area contributed by atoms with Gasteiger partial charge in [0, 0.05) is 38.2 Å². The van der Waals surface area contributed by atoms with Gasteiger partial charge in [-0.1, -0.05) is 152 Å². The van der Waals surface area contributed by atoms with Crippen LogP contribution in [0.25, 0.3) is 110 Å². The number of benzene rings is 9. The molecule has 0 N–H and O–H groups in total. The molecule has 0 amide bonds. The number of hydrogen-bond donors (Lipinski definition) is 0. The zero-order valence-electron chi connectivity index (χ0n) is 30.3. The maximum absolute atomic E-state index is 5.55. The summed E-state index contributed by atoms with van der Waals surface area (Å²) in [6, 6.07) is 69.6. The summed E-state index contributed by atoms with van der Waals surface area (Å²) in [5.41, 5.74) is 10.9. The number of aromatic nitrogens is 4. The Balaban J connectivity index is 1.16. The Morgan fingerprint density at radius 3 is 1.68 bits per heavy atom. The molecule has 0 fully saturated rings. The Morgan fingerprint density at radius 2 is 0.911 bits per heavy atom. The summed E-state index contributed by atoms with van der Waals surface area (Å²) in [5.74, 6) is 0.648. The Hall–Kier alpha value is -7.56. The number of nitrogens with zero attached hydrogens (tertiary/aromatic N) is 4. The third-order valence-electron chi connectivity index (χ3n) is 11.5. The largest absolute Gasteiger partial charge is 0.309 e. The smallest absolute Gasteiger partial charge is 0.235 e. The van der Waals surface area contributed by atoms with Crippen LogP contribution in [0.4, 0.5) is 0 Å². The monoisotopic (exact) mass is 712 g/mol. The lowest BCUT2D eigenvalue weighted by atomic mass is 9.93. The summed E-state index contributed by atoms with van der Waals surface area (Å²) in [4.78, 5) is 10.9. The van der Waals surface area contributed by atoms with Crippen LogP contribution >= 0.6 is 0 Å². The van der Waals surface area contributed by atoms with Crippen molar-refractivity contribution in [2.24, 2.45) is 0 Å². The topological polar surface area (TPSA) is 35.6 Å². The minimum atomic E-state index is 0.648. The zero-order chi connectivity index (χ0) is 36.7. The Labute approximate surface area is 322 Å². The molecule has 3 heterocycles. The van der Waals surface area contributed by atoms with Crippen molar-refractivity contribution in [2.45, 2.75) is 0 Å². The average molecular weight is 713 g/mol. The minimum Gasteiger partial charge on any atom is -0.309 e. The predicted molar refractivity (Wildman–Crippen MR) is 234 cm³/mol. The first-order chi connectivity index (χ1) is 27.8. The molecule has 0 aliphatic rings. The van der Waals surface area contributed by atoms with E-state index in [9.17, 15) is 0 Å². The lowest BCUT2D eigenvalue weighted by Crippen LogP contribution is -2.04. The molecule has 9 aromatic carbocycles. The minimum absolute atomic E-state index is 0.648. The van der Waals surface area contributed by atoms with Crippen molar-refractivity contribution in [3.63, 3.8) is 0 Å². The molecule has 0 bridgehead atoms. The molecule has 260 valence electrons. The van der Waals surface area contributed by atoms with Crippen molar-refractivity contribution in [3.05, 3.63) is 194 Å². The van der Waals surface area contributed by atoms with Gasteiger partial charge in [-0.05, 0) is 75.1 Å². The fraction of sp³-hybridized carbons (Fsp3) is 0. The van der Waals surface area contributed by atoms with Crippen LogP contribution in [-0.4, -0.2) is 19.1 Å². The third kappa shape index (κ3) is 4.47. The molecule has 12 aromatic rings. The van der Waals surface area contributed by atoms with Gasteiger partial charge in [-0.2, -0.15) is 0 Å². The van der Waals surface area contributed by atoms with Gasteiger partial charge in [0.25, 0.3) is 0 Å². The quantitative estimate of drug-likeness (QED) is 0.182. The highest BCUT2D eigenvalue weighted by atomic mass is 15.2. The maximum Gasteiger partial charge on any atom is 0.235 e. The maximum atomic E-state index is 5.55. The molecule has 4 heteroatoms. The van der Waals surface area contributed by atoms with E-state index in [1.54, 1.807) is 0 Å². The van der Waals surface area contributed by atoms with E-state index in [0.717, 1.165) is 49.7 Å². The average Bonchev–Trinajstić information content (AvgIpc) is 3.79. The van der Waals surface area contributed by atoms with Gasteiger partial charge in [-0.3, -0.25) is 4.57 Å². The Kier molecular flexibility index (Phi) is 6.60. The Bertz CT molecular complexity index is 3480. The fourth-order valence-electron chi connectivity index (χ4n) is 9.08. The highest BCUT2D eigenvalue weighted by Gasteiger charge is 2.21. The van der Waals surface area contributed by atoms with Crippen molar-refractivity contribution < 1.29 is 0 Å². The van der Waals surface area contributed by atoms with Crippen LogP contribution in [0.1, 0.15) is 0 Å². The van der Waals surface area contributed by atoms with Gasteiger partial charge >= 0.3 is 0 Å². The number of hydrogen-bond acceptors (Lipinski definition) is 2. The predicted octanol–water partition coefficient (Wildman–Crippen LogP) is 13.5. The summed E-state index contributed by atoms with van der Waals surface area (Å²) in [7, 11) is 0. The molecule has 0 atom stereocenters. The van der Waals surface area contributed by atoms with Gasteiger partial charge in [0.05, 0.1) is 33.3 Å². The second-order valence-electron chi connectivity index (χ2n) is 14.5. The second-order valence-corrected chi connectivity index (χ2v) is 14.5. The van der Waals surface area contributed by atoms with E-state index < -0.39 is 0 Å². The van der Waals surface area contributed by atoms with Crippen LogP contribution < -0.4 is 0 Å². The van der Waals surface area contributed by atoms with E-state index >= 15 is 0 Å². The molecule has 0 aliphatic carbocycles. The molecule has 0 saturated carbocycles.